The highest BCUT2D eigenvalue weighted by atomic mass is 16.6. The van der Waals surface area contributed by atoms with E-state index >= 15 is 0 Å². The molecule has 0 aliphatic carbocycles. The number of esters is 2. The lowest BCUT2D eigenvalue weighted by atomic mass is 9.82. The molecule has 0 saturated heterocycles. The van der Waals surface area contributed by atoms with E-state index in [2.05, 4.69) is 20.8 Å². The molecule has 0 heterocycles. The van der Waals surface area contributed by atoms with Crippen LogP contribution < -0.4 is 0 Å². The molecule has 35 heavy (non-hydrogen) atoms. The van der Waals surface area contributed by atoms with E-state index in [1.54, 1.807) is 0 Å². The Balaban J connectivity index is 3.87. The summed E-state index contributed by atoms with van der Waals surface area (Å²) in [6.45, 7) is 12.5. The van der Waals surface area contributed by atoms with Crippen molar-refractivity contribution < 1.29 is 19.1 Å². The third-order valence-electron chi connectivity index (χ3n) is 7.96. The second kappa shape index (κ2) is 22.2. The lowest BCUT2D eigenvalue weighted by molar-refractivity contribution is -0.177. The highest BCUT2D eigenvalue weighted by molar-refractivity contribution is 6.00. The maximum Gasteiger partial charge on any atom is 0.323 e. The topological polar surface area (TPSA) is 52.6 Å². The predicted molar refractivity (Wildman–Crippen MR) is 149 cm³/mol. The Labute approximate surface area is 218 Å². The van der Waals surface area contributed by atoms with E-state index in [4.69, 9.17) is 9.47 Å². The molecular weight excluding hydrogens is 436 g/mol. The average Bonchev–Trinajstić information content (AvgIpc) is 2.86. The number of carbonyl (C=O) groups excluding carboxylic acids is 2. The maximum atomic E-state index is 12.9. The van der Waals surface area contributed by atoms with Gasteiger partial charge in [-0.2, -0.15) is 0 Å². The van der Waals surface area contributed by atoms with Gasteiger partial charge in [-0.1, -0.05) is 137 Å². The van der Waals surface area contributed by atoms with Crippen LogP contribution in [-0.4, -0.2) is 24.6 Å². The largest absolute Gasteiger partial charge is 0.465 e. The monoisotopic (exact) mass is 496 g/mol. The summed E-state index contributed by atoms with van der Waals surface area (Å²) in [6.07, 6.45) is 22.6. The van der Waals surface area contributed by atoms with E-state index in [0.29, 0.717) is 19.4 Å². The smallest absolute Gasteiger partial charge is 0.323 e. The number of carbonyl (C=O) groups is 2. The van der Waals surface area contributed by atoms with Crippen molar-refractivity contribution in [2.45, 2.75) is 170 Å². The molecule has 4 nitrogen and oxygen atoms in total. The molecule has 0 aromatic rings. The fourth-order valence-corrected chi connectivity index (χ4v) is 4.59. The van der Waals surface area contributed by atoms with Crippen LogP contribution in [-0.2, 0) is 19.1 Å². The van der Waals surface area contributed by atoms with Gasteiger partial charge in [-0.05, 0) is 32.1 Å². The molecule has 0 bridgehead atoms. The first-order valence-corrected chi connectivity index (χ1v) is 15.3. The zero-order chi connectivity index (χ0) is 26.4. The van der Waals surface area contributed by atoms with Gasteiger partial charge in [0.1, 0.15) is 6.10 Å². The first kappa shape index (κ1) is 33.9. The van der Waals surface area contributed by atoms with E-state index in [1.165, 1.54) is 89.9 Å². The quantitative estimate of drug-likeness (QED) is 0.0758. The molecule has 0 aliphatic heterocycles. The van der Waals surface area contributed by atoms with Crippen LogP contribution in [0.4, 0.5) is 0 Å². The van der Waals surface area contributed by atoms with E-state index < -0.39 is 17.4 Å². The molecule has 4 heteroatoms. The highest BCUT2D eigenvalue weighted by Gasteiger charge is 2.46. The van der Waals surface area contributed by atoms with E-state index in [0.717, 1.165) is 19.3 Å². The average molecular weight is 497 g/mol. The maximum absolute atomic E-state index is 12.9. The zero-order valence-corrected chi connectivity index (χ0v) is 24.4. The van der Waals surface area contributed by atoms with Crippen molar-refractivity contribution in [3.63, 3.8) is 0 Å². The van der Waals surface area contributed by atoms with Crippen molar-refractivity contribution in [3.8, 4) is 0 Å². The molecule has 2 atom stereocenters. The van der Waals surface area contributed by atoms with Crippen molar-refractivity contribution in [2.75, 3.05) is 6.61 Å². The second-order valence-electron chi connectivity index (χ2n) is 10.7. The summed E-state index contributed by atoms with van der Waals surface area (Å²) in [7, 11) is 0. The highest BCUT2D eigenvalue weighted by Crippen LogP contribution is 2.31. The molecule has 0 aliphatic rings. The van der Waals surface area contributed by atoms with Crippen LogP contribution >= 0.6 is 0 Å². The Morgan fingerprint density at radius 1 is 0.600 bits per heavy atom. The molecular formula is C31H60O4. The van der Waals surface area contributed by atoms with Gasteiger partial charge in [0.25, 0.3) is 0 Å². The van der Waals surface area contributed by atoms with Crippen LogP contribution in [0.3, 0.4) is 0 Å². The number of hydrogen-bond donors (Lipinski definition) is 0. The van der Waals surface area contributed by atoms with Gasteiger partial charge < -0.3 is 9.47 Å². The zero-order valence-electron chi connectivity index (χ0n) is 24.4. The lowest BCUT2D eigenvalue weighted by Crippen LogP contribution is -2.43. The van der Waals surface area contributed by atoms with Crippen LogP contribution in [0.1, 0.15) is 164 Å². The van der Waals surface area contributed by atoms with Gasteiger partial charge in [0, 0.05) is 0 Å². The van der Waals surface area contributed by atoms with E-state index in [1.807, 2.05) is 20.8 Å². The molecule has 0 saturated carbocycles. The molecule has 2 unspecified atom stereocenters. The summed E-state index contributed by atoms with van der Waals surface area (Å²) < 4.78 is 11.2. The molecule has 0 N–H and O–H groups in total. The Hall–Kier alpha value is -1.06. The van der Waals surface area contributed by atoms with Crippen LogP contribution in [0.5, 0.6) is 0 Å². The van der Waals surface area contributed by atoms with Gasteiger partial charge in [0.15, 0.2) is 5.41 Å². The fraction of sp³-hybridized carbons (Fsp3) is 0.935. The van der Waals surface area contributed by atoms with Gasteiger partial charge in [0.2, 0.25) is 0 Å². The van der Waals surface area contributed by atoms with Crippen molar-refractivity contribution in [1.82, 2.24) is 0 Å². The minimum Gasteiger partial charge on any atom is -0.465 e. The van der Waals surface area contributed by atoms with Crippen LogP contribution in [0.15, 0.2) is 0 Å². The normalized spacial score (nSPS) is 13.4. The first-order chi connectivity index (χ1) is 16.9. The molecule has 0 radical (unpaired) electrons. The summed E-state index contributed by atoms with van der Waals surface area (Å²) in [5.74, 6) is -0.566. The van der Waals surface area contributed by atoms with Crippen molar-refractivity contribution in [2.24, 2.45) is 11.3 Å². The summed E-state index contributed by atoms with van der Waals surface area (Å²) in [4.78, 5) is 25.7. The van der Waals surface area contributed by atoms with Crippen LogP contribution in [0, 0.1) is 11.3 Å². The van der Waals surface area contributed by atoms with E-state index in [9.17, 15) is 9.59 Å². The molecule has 0 rings (SSSR count). The van der Waals surface area contributed by atoms with Crippen molar-refractivity contribution >= 4 is 11.9 Å². The first-order valence-electron chi connectivity index (χ1n) is 15.3. The SMILES string of the molecule is CCCCCCCCCCCCCCCCCCOC(=O)C(CC)(CC)C(=O)OC(C)C(C)CC. The number of ether oxygens (including phenoxy) is 2. The number of rotatable bonds is 24. The van der Waals surface area contributed by atoms with Gasteiger partial charge in [-0.15, -0.1) is 0 Å². The molecule has 0 aromatic carbocycles. The molecule has 0 spiro atoms. The summed E-state index contributed by atoms with van der Waals surface area (Å²) in [5, 5.41) is 0. The summed E-state index contributed by atoms with van der Waals surface area (Å²) >= 11 is 0. The minimum absolute atomic E-state index is 0.196. The molecule has 0 fully saturated rings. The Kier molecular flexibility index (Phi) is 21.5. The third kappa shape index (κ3) is 14.9. The standard InChI is InChI=1S/C31H60O4/c1-7-11-12-13-14-15-16-17-18-19-20-21-22-23-24-25-26-34-29(32)31(9-3,10-4)30(33)35-28(6)27(5)8-2/h27-28H,7-26H2,1-6H3. The van der Waals surface area contributed by atoms with Crippen LogP contribution in [0.2, 0.25) is 0 Å². The van der Waals surface area contributed by atoms with Crippen molar-refractivity contribution in [1.29, 1.82) is 0 Å². The summed E-state index contributed by atoms with van der Waals surface area (Å²) in [6, 6.07) is 0. The molecule has 208 valence electrons. The van der Waals surface area contributed by atoms with E-state index in [-0.39, 0.29) is 12.0 Å². The van der Waals surface area contributed by atoms with Gasteiger partial charge >= 0.3 is 11.9 Å². The summed E-state index contributed by atoms with van der Waals surface area (Å²) in [5.41, 5.74) is -1.17. The molecule has 0 amide bonds. The molecule has 0 aromatic heterocycles. The third-order valence-corrected chi connectivity index (χ3v) is 7.96. The predicted octanol–water partition coefficient (Wildman–Crippen LogP) is 9.58. The van der Waals surface area contributed by atoms with Gasteiger partial charge in [-0.25, -0.2) is 0 Å². The minimum atomic E-state index is -1.17. The number of hydrogen-bond acceptors (Lipinski definition) is 4. The number of unbranched alkanes of at least 4 members (excludes halogenated alkanes) is 15. The Morgan fingerprint density at radius 3 is 1.37 bits per heavy atom. The van der Waals surface area contributed by atoms with Crippen molar-refractivity contribution in [3.05, 3.63) is 0 Å². The Bertz CT molecular complexity index is 512. The van der Waals surface area contributed by atoms with Gasteiger partial charge in [-0.3, -0.25) is 9.59 Å². The fourth-order valence-electron chi connectivity index (χ4n) is 4.59. The van der Waals surface area contributed by atoms with Gasteiger partial charge in [0.05, 0.1) is 6.61 Å². The van der Waals surface area contributed by atoms with Crippen LogP contribution in [0.25, 0.3) is 0 Å². The lowest BCUT2D eigenvalue weighted by Gasteiger charge is -2.30. The Morgan fingerprint density at radius 2 is 1.00 bits per heavy atom. The second-order valence-corrected chi connectivity index (χ2v) is 10.7.